The van der Waals surface area contributed by atoms with E-state index in [1.165, 1.54) is 24.1 Å². The lowest BCUT2D eigenvalue weighted by Crippen LogP contribution is -2.46. The maximum Gasteiger partial charge on any atom is 0.146 e. The standard InChI is InChI=1S/C26H33FN4/c27-25-13-4-5-14-26(25)30-21-19-29(20-22-30)17-7-6-12-24-15-16-28-31(24)18-8-11-23-9-2-1-3-10-23/h1-5,9-10,13-16H,6-8,11-12,17-22H2. The lowest BCUT2D eigenvalue weighted by atomic mass is 10.1. The van der Waals surface area contributed by atoms with Gasteiger partial charge in [0.1, 0.15) is 5.82 Å². The number of hydrogen-bond acceptors (Lipinski definition) is 3. The molecule has 5 heteroatoms. The number of piperazine rings is 1. The summed E-state index contributed by atoms with van der Waals surface area (Å²) in [4.78, 5) is 4.67. The van der Waals surface area contributed by atoms with Crippen LogP contribution in [0.4, 0.5) is 10.1 Å². The lowest BCUT2D eigenvalue weighted by Gasteiger charge is -2.36. The van der Waals surface area contributed by atoms with Crippen molar-refractivity contribution in [2.24, 2.45) is 0 Å². The zero-order valence-corrected chi connectivity index (χ0v) is 18.3. The van der Waals surface area contributed by atoms with Crippen LogP contribution in [-0.2, 0) is 19.4 Å². The number of anilines is 1. The van der Waals surface area contributed by atoms with Crippen LogP contribution in [0.2, 0.25) is 0 Å². The summed E-state index contributed by atoms with van der Waals surface area (Å²) in [5.74, 6) is -0.115. The molecule has 1 aliphatic heterocycles. The van der Waals surface area contributed by atoms with Gasteiger partial charge in [0.15, 0.2) is 0 Å². The molecule has 1 fully saturated rings. The number of para-hydroxylation sites is 1. The van der Waals surface area contributed by atoms with Crippen LogP contribution in [0.1, 0.15) is 30.5 Å². The highest BCUT2D eigenvalue weighted by atomic mass is 19.1. The van der Waals surface area contributed by atoms with Crippen LogP contribution in [0.25, 0.3) is 0 Å². The van der Waals surface area contributed by atoms with Gasteiger partial charge in [-0.05, 0) is 62.4 Å². The molecule has 1 aromatic heterocycles. The van der Waals surface area contributed by atoms with Crippen LogP contribution in [-0.4, -0.2) is 47.4 Å². The molecule has 0 N–H and O–H groups in total. The van der Waals surface area contributed by atoms with E-state index in [2.05, 4.69) is 56.0 Å². The zero-order chi connectivity index (χ0) is 21.3. The number of hydrogen-bond donors (Lipinski definition) is 0. The normalized spacial score (nSPS) is 14.8. The molecule has 2 aromatic carbocycles. The third kappa shape index (κ3) is 6.17. The number of rotatable bonds is 10. The first-order valence-electron chi connectivity index (χ1n) is 11.6. The molecule has 0 unspecified atom stereocenters. The molecule has 164 valence electrons. The lowest BCUT2D eigenvalue weighted by molar-refractivity contribution is 0.252. The van der Waals surface area contributed by atoms with Crippen molar-refractivity contribution >= 4 is 5.69 Å². The monoisotopic (exact) mass is 420 g/mol. The molecule has 31 heavy (non-hydrogen) atoms. The van der Waals surface area contributed by atoms with Gasteiger partial charge in [0, 0.05) is 44.6 Å². The van der Waals surface area contributed by atoms with E-state index < -0.39 is 0 Å². The number of nitrogens with zero attached hydrogens (tertiary/aromatic N) is 4. The van der Waals surface area contributed by atoms with Gasteiger partial charge in [-0.25, -0.2) is 4.39 Å². The smallest absolute Gasteiger partial charge is 0.146 e. The Labute approximate surface area is 185 Å². The van der Waals surface area contributed by atoms with Crippen molar-refractivity contribution in [2.75, 3.05) is 37.6 Å². The molecule has 0 bridgehead atoms. The molecule has 1 aliphatic rings. The van der Waals surface area contributed by atoms with Crippen LogP contribution in [0.5, 0.6) is 0 Å². The maximum atomic E-state index is 14.0. The van der Waals surface area contributed by atoms with Crippen molar-refractivity contribution < 1.29 is 4.39 Å². The van der Waals surface area contributed by atoms with Crippen molar-refractivity contribution in [2.45, 2.75) is 38.6 Å². The molecule has 0 radical (unpaired) electrons. The summed E-state index contributed by atoms with van der Waals surface area (Å²) in [7, 11) is 0. The summed E-state index contributed by atoms with van der Waals surface area (Å²) < 4.78 is 16.2. The van der Waals surface area contributed by atoms with Gasteiger partial charge in [-0.1, -0.05) is 42.5 Å². The van der Waals surface area contributed by atoms with E-state index in [1.54, 1.807) is 12.1 Å². The molecule has 0 amide bonds. The largest absolute Gasteiger partial charge is 0.367 e. The SMILES string of the molecule is Fc1ccccc1N1CCN(CCCCc2ccnn2CCCc2ccccc2)CC1. The first kappa shape index (κ1) is 21.6. The second-order valence-corrected chi connectivity index (χ2v) is 8.37. The van der Waals surface area contributed by atoms with Gasteiger partial charge in [-0.3, -0.25) is 9.58 Å². The molecule has 4 rings (SSSR count). The first-order chi connectivity index (χ1) is 15.3. The average molecular weight is 421 g/mol. The van der Waals surface area contributed by atoms with E-state index in [0.29, 0.717) is 0 Å². The fraction of sp³-hybridized carbons (Fsp3) is 0.423. The minimum atomic E-state index is -0.115. The molecule has 2 heterocycles. The van der Waals surface area contributed by atoms with E-state index >= 15 is 0 Å². The predicted molar refractivity (Wildman–Crippen MR) is 125 cm³/mol. The van der Waals surface area contributed by atoms with Crippen molar-refractivity contribution in [1.29, 1.82) is 0 Å². The van der Waals surface area contributed by atoms with Crippen molar-refractivity contribution in [3.63, 3.8) is 0 Å². The molecule has 3 aromatic rings. The summed E-state index contributed by atoms with van der Waals surface area (Å²) in [5, 5.41) is 4.53. The van der Waals surface area contributed by atoms with Crippen molar-refractivity contribution in [1.82, 2.24) is 14.7 Å². The van der Waals surface area contributed by atoms with E-state index in [1.807, 2.05) is 18.3 Å². The van der Waals surface area contributed by atoms with Gasteiger partial charge >= 0.3 is 0 Å². The van der Waals surface area contributed by atoms with Gasteiger partial charge in [0.2, 0.25) is 0 Å². The highest BCUT2D eigenvalue weighted by Gasteiger charge is 2.18. The molecule has 0 spiro atoms. The molecule has 1 saturated heterocycles. The topological polar surface area (TPSA) is 24.3 Å². The number of aromatic nitrogens is 2. The van der Waals surface area contributed by atoms with Crippen LogP contribution in [0, 0.1) is 5.82 Å². The van der Waals surface area contributed by atoms with Gasteiger partial charge in [-0.2, -0.15) is 5.10 Å². The van der Waals surface area contributed by atoms with Gasteiger partial charge in [-0.15, -0.1) is 0 Å². The van der Waals surface area contributed by atoms with E-state index in [-0.39, 0.29) is 5.82 Å². The summed E-state index contributed by atoms with van der Waals surface area (Å²) in [6.45, 7) is 5.91. The summed E-state index contributed by atoms with van der Waals surface area (Å²) in [5.41, 5.74) is 3.48. The Morgan fingerprint density at radius 2 is 1.52 bits per heavy atom. The second-order valence-electron chi connectivity index (χ2n) is 8.37. The Morgan fingerprint density at radius 3 is 2.32 bits per heavy atom. The Kier molecular flexibility index (Phi) is 7.72. The third-order valence-corrected chi connectivity index (χ3v) is 6.21. The quantitative estimate of drug-likeness (QED) is 0.440. The summed E-state index contributed by atoms with van der Waals surface area (Å²) in [6.07, 6.45) is 7.59. The van der Waals surface area contributed by atoms with E-state index in [0.717, 1.165) is 64.2 Å². The minimum absolute atomic E-state index is 0.115. The Morgan fingerprint density at radius 1 is 0.742 bits per heavy atom. The molecule has 0 aliphatic carbocycles. The number of halogens is 1. The number of aryl methyl sites for hydroxylation is 3. The van der Waals surface area contributed by atoms with Crippen molar-refractivity contribution in [3.05, 3.63) is 83.9 Å². The fourth-order valence-electron chi connectivity index (χ4n) is 4.41. The zero-order valence-electron chi connectivity index (χ0n) is 18.3. The molecule has 0 atom stereocenters. The Balaban J connectivity index is 1.14. The van der Waals surface area contributed by atoms with Crippen LogP contribution in [0.15, 0.2) is 66.9 Å². The van der Waals surface area contributed by atoms with Gasteiger partial charge in [0.05, 0.1) is 5.69 Å². The molecule has 4 nitrogen and oxygen atoms in total. The van der Waals surface area contributed by atoms with E-state index in [4.69, 9.17) is 0 Å². The number of unbranched alkanes of at least 4 members (excludes halogenated alkanes) is 1. The fourth-order valence-corrected chi connectivity index (χ4v) is 4.41. The minimum Gasteiger partial charge on any atom is -0.367 e. The van der Waals surface area contributed by atoms with E-state index in [9.17, 15) is 4.39 Å². The predicted octanol–water partition coefficient (Wildman–Crippen LogP) is 4.80. The maximum absolute atomic E-state index is 14.0. The van der Waals surface area contributed by atoms with Crippen LogP contribution < -0.4 is 4.90 Å². The molecule has 0 saturated carbocycles. The molecular formula is C26H33FN4. The second kappa shape index (κ2) is 11.1. The summed E-state index contributed by atoms with van der Waals surface area (Å²) in [6, 6.07) is 19.9. The average Bonchev–Trinajstić information content (AvgIpc) is 3.25. The number of benzene rings is 2. The molecular weight excluding hydrogens is 387 g/mol. The van der Waals surface area contributed by atoms with Crippen LogP contribution >= 0.6 is 0 Å². The van der Waals surface area contributed by atoms with Gasteiger partial charge in [0.25, 0.3) is 0 Å². The van der Waals surface area contributed by atoms with Crippen LogP contribution in [0.3, 0.4) is 0 Å². The van der Waals surface area contributed by atoms with Crippen molar-refractivity contribution in [3.8, 4) is 0 Å². The third-order valence-electron chi connectivity index (χ3n) is 6.21. The highest BCUT2D eigenvalue weighted by Crippen LogP contribution is 2.20. The summed E-state index contributed by atoms with van der Waals surface area (Å²) >= 11 is 0. The Hall–Kier alpha value is -2.66. The highest BCUT2D eigenvalue weighted by molar-refractivity contribution is 5.47. The first-order valence-corrected chi connectivity index (χ1v) is 11.6. The Bertz CT molecular complexity index is 916. The van der Waals surface area contributed by atoms with Gasteiger partial charge < -0.3 is 4.90 Å².